The average Bonchev–Trinajstić information content (AvgIpc) is 2.48. The van der Waals surface area contributed by atoms with Crippen molar-refractivity contribution in [2.45, 2.75) is 76.7 Å². The normalized spacial score (nSPS) is 12.1. The minimum absolute atomic E-state index is 0.0390. The predicted octanol–water partition coefficient (Wildman–Crippen LogP) is 1.83. The summed E-state index contributed by atoms with van der Waals surface area (Å²) in [5.74, 6) is -1.37. The summed E-state index contributed by atoms with van der Waals surface area (Å²) < 4.78 is 0. The quantitative estimate of drug-likeness (QED) is 0.345. The lowest BCUT2D eigenvalue weighted by molar-refractivity contribution is -0.142. The van der Waals surface area contributed by atoms with Gasteiger partial charge in [-0.25, -0.2) is 4.79 Å². The van der Waals surface area contributed by atoms with Crippen LogP contribution in [0.5, 0.6) is 0 Å². The van der Waals surface area contributed by atoms with Gasteiger partial charge in [0.1, 0.15) is 6.04 Å². The van der Waals surface area contributed by atoms with Crippen LogP contribution in [-0.4, -0.2) is 46.5 Å². The maximum Gasteiger partial charge on any atom is 0.326 e. The summed E-state index contributed by atoms with van der Waals surface area (Å²) in [5, 5.41) is 28.7. The van der Waals surface area contributed by atoms with E-state index < -0.39 is 12.0 Å². The molecule has 0 radical (unpaired) electrons. The summed E-state index contributed by atoms with van der Waals surface area (Å²) >= 11 is 0. The molecule has 0 aliphatic rings. The summed E-state index contributed by atoms with van der Waals surface area (Å²) in [5.41, 5.74) is 0. The molecule has 0 saturated carbocycles. The topological polar surface area (TPSA) is 107 Å². The monoisotopic (exact) mass is 317 g/mol. The van der Waals surface area contributed by atoms with Crippen LogP contribution in [0.4, 0.5) is 0 Å². The Balaban J connectivity index is 3.46. The second-order valence-electron chi connectivity index (χ2n) is 5.63. The van der Waals surface area contributed by atoms with Gasteiger partial charge in [-0.3, -0.25) is 4.79 Å². The average molecular weight is 317 g/mol. The van der Waals surface area contributed by atoms with Crippen LogP contribution in [0.2, 0.25) is 0 Å². The first-order valence-electron chi connectivity index (χ1n) is 8.35. The molecule has 0 unspecified atom stereocenters. The van der Waals surface area contributed by atoms with Gasteiger partial charge < -0.3 is 20.6 Å². The van der Waals surface area contributed by atoms with Gasteiger partial charge in [-0.1, -0.05) is 44.9 Å². The zero-order chi connectivity index (χ0) is 16.6. The van der Waals surface area contributed by atoms with Crippen LogP contribution in [0.1, 0.15) is 70.6 Å². The van der Waals surface area contributed by atoms with E-state index in [1.807, 2.05) is 0 Å². The van der Waals surface area contributed by atoms with Crippen molar-refractivity contribution in [2.24, 2.45) is 0 Å². The summed E-state index contributed by atoms with van der Waals surface area (Å²) in [4.78, 5) is 22.4. The Morgan fingerprint density at radius 2 is 1.27 bits per heavy atom. The van der Waals surface area contributed by atoms with Crippen molar-refractivity contribution in [3.05, 3.63) is 0 Å². The molecule has 0 fully saturated rings. The Bertz CT molecular complexity index is 296. The van der Waals surface area contributed by atoms with Gasteiger partial charge in [-0.15, -0.1) is 0 Å². The van der Waals surface area contributed by atoms with Crippen LogP contribution in [0.3, 0.4) is 0 Å². The van der Waals surface area contributed by atoms with Gasteiger partial charge in [0.15, 0.2) is 0 Å². The van der Waals surface area contributed by atoms with Crippen molar-refractivity contribution >= 4 is 11.9 Å². The molecule has 4 N–H and O–H groups in total. The van der Waals surface area contributed by atoms with E-state index in [-0.39, 0.29) is 25.5 Å². The van der Waals surface area contributed by atoms with Gasteiger partial charge in [-0.2, -0.15) is 0 Å². The van der Waals surface area contributed by atoms with Crippen LogP contribution < -0.4 is 5.32 Å². The molecule has 22 heavy (non-hydrogen) atoms. The molecule has 0 aliphatic heterocycles. The number of carbonyl (C=O) groups is 2. The van der Waals surface area contributed by atoms with E-state index in [9.17, 15) is 9.59 Å². The molecule has 130 valence electrons. The zero-order valence-electron chi connectivity index (χ0n) is 13.4. The number of rotatable bonds is 15. The highest BCUT2D eigenvalue weighted by atomic mass is 16.4. The number of aliphatic hydroxyl groups is 2. The van der Waals surface area contributed by atoms with Crippen LogP contribution in [-0.2, 0) is 9.59 Å². The highest BCUT2D eigenvalue weighted by Crippen LogP contribution is 2.10. The van der Waals surface area contributed by atoms with E-state index in [4.69, 9.17) is 15.3 Å². The molecule has 0 aromatic carbocycles. The van der Waals surface area contributed by atoms with Crippen LogP contribution in [0.25, 0.3) is 0 Å². The number of unbranched alkanes of at least 4 members (excludes halogenated alkanes) is 8. The SMILES string of the molecule is O=C(CCCCCCCCCCCO)N[C@@H](CCO)C(=O)O. The Hall–Kier alpha value is -1.14. The first kappa shape index (κ1) is 20.9. The maximum absolute atomic E-state index is 11.6. The van der Waals surface area contributed by atoms with E-state index in [0.29, 0.717) is 6.42 Å². The molecular weight excluding hydrogens is 286 g/mol. The highest BCUT2D eigenvalue weighted by molar-refractivity contribution is 5.83. The second kappa shape index (κ2) is 14.8. The second-order valence-corrected chi connectivity index (χ2v) is 5.63. The number of aliphatic carboxylic acids is 1. The number of carboxylic acid groups (broad SMARTS) is 1. The molecule has 0 aromatic heterocycles. The lowest BCUT2D eigenvalue weighted by Gasteiger charge is -2.12. The third-order valence-electron chi connectivity index (χ3n) is 3.61. The van der Waals surface area contributed by atoms with Crippen molar-refractivity contribution in [3.8, 4) is 0 Å². The summed E-state index contributed by atoms with van der Waals surface area (Å²) in [7, 11) is 0. The van der Waals surface area contributed by atoms with Crippen molar-refractivity contribution in [1.82, 2.24) is 5.32 Å². The Kier molecular flexibility index (Phi) is 14.0. The summed E-state index contributed by atoms with van der Waals surface area (Å²) in [6, 6.07) is -0.989. The third-order valence-corrected chi connectivity index (χ3v) is 3.61. The zero-order valence-corrected chi connectivity index (χ0v) is 13.4. The molecule has 0 spiro atoms. The molecule has 0 heterocycles. The Labute approximate surface area is 132 Å². The number of aliphatic hydroxyl groups excluding tert-OH is 2. The van der Waals surface area contributed by atoms with Crippen LogP contribution in [0.15, 0.2) is 0 Å². The van der Waals surface area contributed by atoms with Crippen molar-refractivity contribution in [3.63, 3.8) is 0 Å². The predicted molar refractivity (Wildman–Crippen MR) is 84.5 cm³/mol. The van der Waals surface area contributed by atoms with Gasteiger partial charge in [-0.05, 0) is 12.8 Å². The van der Waals surface area contributed by atoms with Crippen molar-refractivity contribution < 1.29 is 24.9 Å². The number of hydrogen-bond acceptors (Lipinski definition) is 4. The number of amides is 1. The maximum atomic E-state index is 11.6. The fourth-order valence-corrected chi connectivity index (χ4v) is 2.29. The van der Waals surface area contributed by atoms with E-state index in [1.165, 1.54) is 19.3 Å². The van der Waals surface area contributed by atoms with E-state index in [1.54, 1.807) is 0 Å². The van der Waals surface area contributed by atoms with Crippen LogP contribution >= 0.6 is 0 Å². The lowest BCUT2D eigenvalue weighted by Crippen LogP contribution is -2.41. The molecule has 0 aromatic rings. The van der Waals surface area contributed by atoms with Crippen LogP contribution in [0, 0.1) is 0 Å². The molecule has 1 atom stereocenters. The molecule has 6 nitrogen and oxygen atoms in total. The third kappa shape index (κ3) is 12.6. The number of nitrogens with one attached hydrogen (secondary N) is 1. The lowest BCUT2D eigenvalue weighted by atomic mass is 10.1. The van der Waals surface area contributed by atoms with Gasteiger partial charge in [0.25, 0.3) is 0 Å². The summed E-state index contributed by atoms with van der Waals surface area (Å²) in [6.07, 6.45) is 9.90. The molecule has 1 amide bonds. The fraction of sp³-hybridized carbons (Fsp3) is 0.875. The first-order valence-corrected chi connectivity index (χ1v) is 8.35. The Morgan fingerprint density at radius 1 is 0.773 bits per heavy atom. The smallest absolute Gasteiger partial charge is 0.326 e. The number of carboxylic acids is 1. The molecule has 0 rings (SSSR count). The molecular formula is C16H31NO5. The first-order chi connectivity index (χ1) is 10.6. The minimum atomic E-state index is -1.11. The molecule has 0 bridgehead atoms. The number of hydrogen-bond donors (Lipinski definition) is 4. The van der Waals surface area contributed by atoms with Crippen molar-refractivity contribution in [1.29, 1.82) is 0 Å². The van der Waals surface area contributed by atoms with E-state index in [2.05, 4.69) is 5.32 Å². The van der Waals surface area contributed by atoms with Gasteiger partial charge in [0, 0.05) is 26.1 Å². The van der Waals surface area contributed by atoms with Crippen molar-refractivity contribution in [2.75, 3.05) is 13.2 Å². The molecule has 6 heteroatoms. The van der Waals surface area contributed by atoms with E-state index >= 15 is 0 Å². The molecule has 0 saturated heterocycles. The molecule has 0 aliphatic carbocycles. The fourth-order valence-electron chi connectivity index (χ4n) is 2.29. The minimum Gasteiger partial charge on any atom is -0.480 e. The van der Waals surface area contributed by atoms with Gasteiger partial charge >= 0.3 is 5.97 Å². The highest BCUT2D eigenvalue weighted by Gasteiger charge is 2.18. The largest absolute Gasteiger partial charge is 0.480 e. The van der Waals surface area contributed by atoms with E-state index in [0.717, 1.165) is 38.5 Å². The van der Waals surface area contributed by atoms with Gasteiger partial charge in [0.05, 0.1) is 0 Å². The Morgan fingerprint density at radius 3 is 1.73 bits per heavy atom. The summed E-state index contributed by atoms with van der Waals surface area (Å²) in [6.45, 7) is 0.0264. The number of carbonyl (C=O) groups excluding carboxylic acids is 1. The van der Waals surface area contributed by atoms with Gasteiger partial charge in [0.2, 0.25) is 5.91 Å². The standard InChI is InChI=1S/C16H31NO5/c18-12-9-7-5-3-1-2-4-6-8-10-15(20)17-14(11-13-19)16(21)22/h14,18-19H,1-13H2,(H,17,20)(H,21,22)/t14-/m0/s1.